The normalized spacial score (nSPS) is 10.8. The zero-order valence-corrected chi connectivity index (χ0v) is 10.9. The molecule has 100 valence electrons. The zero-order chi connectivity index (χ0) is 14.1. The van der Waals surface area contributed by atoms with E-state index < -0.39 is 0 Å². The predicted octanol–water partition coefficient (Wildman–Crippen LogP) is 3.87. The van der Waals surface area contributed by atoms with Crippen molar-refractivity contribution in [3.8, 4) is 17.1 Å². The third-order valence-electron chi connectivity index (χ3n) is 2.75. The minimum absolute atomic E-state index is 0.0636. The van der Waals surface area contributed by atoms with Crippen molar-refractivity contribution in [1.29, 1.82) is 0 Å². The van der Waals surface area contributed by atoms with Crippen LogP contribution in [-0.2, 0) is 0 Å². The third-order valence-corrected chi connectivity index (χ3v) is 2.92. The average Bonchev–Trinajstić information content (AvgIpc) is 2.82. The van der Waals surface area contributed by atoms with E-state index in [1.54, 1.807) is 24.3 Å². The van der Waals surface area contributed by atoms with Crippen LogP contribution in [0.3, 0.4) is 0 Å². The molecule has 0 radical (unpaired) electrons. The van der Waals surface area contributed by atoms with Crippen molar-refractivity contribution in [2.24, 2.45) is 0 Å². The van der Waals surface area contributed by atoms with E-state index in [0.29, 0.717) is 17.1 Å². The van der Waals surface area contributed by atoms with Crippen molar-refractivity contribution in [2.45, 2.75) is 0 Å². The van der Waals surface area contributed by atoms with Gasteiger partial charge in [-0.1, -0.05) is 0 Å². The molecule has 0 bridgehead atoms. The average molecular weight is 292 g/mol. The Labute approximate surface area is 118 Å². The number of nitrogens with zero attached hydrogens (tertiary/aromatic N) is 3. The van der Waals surface area contributed by atoms with Gasteiger partial charge in [0.25, 0.3) is 0 Å². The molecule has 0 aliphatic carbocycles. The minimum atomic E-state index is -0.344. The van der Waals surface area contributed by atoms with Gasteiger partial charge in [0.2, 0.25) is 5.28 Å². The number of hydrogen-bond donors (Lipinski definition) is 0. The summed E-state index contributed by atoms with van der Waals surface area (Å²) in [5.74, 6) is -0.224. The van der Waals surface area contributed by atoms with Crippen molar-refractivity contribution < 1.29 is 8.78 Å². The molecule has 1 heterocycles. The van der Waals surface area contributed by atoms with Gasteiger partial charge in [-0.15, -0.1) is 5.10 Å². The highest BCUT2D eigenvalue weighted by Crippen LogP contribution is 2.23. The Balaban J connectivity index is 2.12. The van der Waals surface area contributed by atoms with Crippen LogP contribution in [0.4, 0.5) is 8.78 Å². The van der Waals surface area contributed by atoms with Crippen LogP contribution < -0.4 is 0 Å². The minimum Gasteiger partial charge on any atom is -0.212 e. The molecule has 0 aliphatic rings. The highest BCUT2D eigenvalue weighted by Gasteiger charge is 2.12. The maximum Gasteiger partial charge on any atom is 0.243 e. The van der Waals surface area contributed by atoms with Crippen LogP contribution >= 0.6 is 11.6 Å². The van der Waals surface area contributed by atoms with Crippen LogP contribution in [0.2, 0.25) is 5.28 Å². The second-order valence-electron chi connectivity index (χ2n) is 4.10. The molecule has 0 amide bonds. The first-order valence-corrected chi connectivity index (χ1v) is 6.16. The van der Waals surface area contributed by atoms with Crippen molar-refractivity contribution in [3.63, 3.8) is 0 Å². The van der Waals surface area contributed by atoms with Gasteiger partial charge >= 0.3 is 0 Å². The maximum atomic E-state index is 13.0. The molecule has 0 unspecified atom stereocenters. The summed E-state index contributed by atoms with van der Waals surface area (Å²) in [6.45, 7) is 0. The number of aromatic nitrogens is 3. The molecule has 2 aromatic carbocycles. The van der Waals surface area contributed by atoms with E-state index in [-0.39, 0.29) is 16.9 Å². The summed E-state index contributed by atoms with van der Waals surface area (Å²) in [6, 6.07) is 11.6. The van der Waals surface area contributed by atoms with Crippen LogP contribution in [0.15, 0.2) is 48.5 Å². The fourth-order valence-corrected chi connectivity index (χ4v) is 1.99. The predicted molar refractivity (Wildman–Crippen MR) is 71.7 cm³/mol. The molecular formula is C14H8ClF2N3. The van der Waals surface area contributed by atoms with Crippen LogP contribution in [0, 0.1) is 11.6 Å². The lowest BCUT2D eigenvalue weighted by molar-refractivity contribution is 0.626. The van der Waals surface area contributed by atoms with E-state index in [2.05, 4.69) is 10.1 Å². The lowest BCUT2D eigenvalue weighted by Crippen LogP contribution is -1.99. The Bertz CT molecular complexity index is 673. The molecule has 20 heavy (non-hydrogen) atoms. The molecule has 0 N–H and O–H groups in total. The molecule has 0 saturated heterocycles. The monoisotopic (exact) mass is 291 g/mol. The molecule has 6 heteroatoms. The first-order valence-electron chi connectivity index (χ1n) is 5.78. The Kier molecular flexibility index (Phi) is 3.20. The summed E-state index contributed by atoms with van der Waals surface area (Å²) in [4.78, 5) is 4.11. The Hall–Kier alpha value is -2.27. The van der Waals surface area contributed by atoms with Gasteiger partial charge in [0.05, 0.1) is 5.69 Å². The third kappa shape index (κ3) is 2.40. The highest BCUT2D eigenvalue weighted by atomic mass is 35.5. The number of hydrogen-bond acceptors (Lipinski definition) is 2. The molecule has 0 atom stereocenters. The van der Waals surface area contributed by atoms with Crippen LogP contribution in [0.5, 0.6) is 0 Å². The van der Waals surface area contributed by atoms with E-state index in [0.717, 1.165) is 0 Å². The summed E-state index contributed by atoms with van der Waals surface area (Å²) in [6.07, 6.45) is 0. The van der Waals surface area contributed by atoms with E-state index >= 15 is 0 Å². The van der Waals surface area contributed by atoms with E-state index in [4.69, 9.17) is 11.6 Å². The highest BCUT2D eigenvalue weighted by molar-refractivity contribution is 6.28. The topological polar surface area (TPSA) is 30.7 Å². The van der Waals surface area contributed by atoms with Gasteiger partial charge in [0.1, 0.15) is 11.6 Å². The summed E-state index contributed by atoms with van der Waals surface area (Å²) < 4.78 is 27.4. The first-order chi connectivity index (χ1) is 9.63. The number of benzene rings is 2. The Morgan fingerprint density at radius 3 is 2.00 bits per heavy atom. The second-order valence-corrected chi connectivity index (χ2v) is 4.44. The van der Waals surface area contributed by atoms with Gasteiger partial charge in [0.15, 0.2) is 5.82 Å². The molecule has 0 fully saturated rings. The smallest absolute Gasteiger partial charge is 0.212 e. The van der Waals surface area contributed by atoms with E-state index in [1.165, 1.54) is 28.9 Å². The summed E-state index contributed by atoms with van der Waals surface area (Å²) in [5, 5.41) is 4.13. The first kappa shape index (κ1) is 12.7. The molecule has 3 rings (SSSR count). The molecule has 1 aromatic heterocycles. The zero-order valence-electron chi connectivity index (χ0n) is 10.1. The van der Waals surface area contributed by atoms with Crippen molar-refractivity contribution in [1.82, 2.24) is 14.8 Å². The number of rotatable bonds is 2. The van der Waals surface area contributed by atoms with Gasteiger partial charge in [-0.25, -0.2) is 13.5 Å². The van der Waals surface area contributed by atoms with Crippen molar-refractivity contribution in [2.75, 3.05) is 0 Å². The molecule has 0 spiro atoms. The summed E-state index contributed by atoms with van der Waals surface area (Å²) in [5.41, 5.74) is 1.28. The maximum absolute atomic E-state index is 13.0. The summed E-state index contributed by atoms with van der Waals surface area (Å²) >= 11 is 5.84. The number of halogens is 3. The van der Waals surface area contributed by atoms with Crippen LogP contribution in [0.1, 0.15) is 0 Å². The van der Waals surface area contributed by atoms with E-state index in [1.807, 2.05) is 0 Å². The van der Waals surface area contributed by atoms with Crippen LogP contribution in [0.25, 0.3) is 17.1 Å². The van der Waals surface area contributed by atoms with Gasteiger partial charge < -0.3 is 0 Å². The summed E-state index contributed by atoms with van der Waals surface area (Å²) in [7, 11) is 0. The molecule has 3 aromatic rings. The fraction of sp³-hybridized carbons (Fsp3) is 0. The molecule has 0 aliphatic heterocycles. The largest absolute Gasteiger partial charge is 0.243 e. The lowest BCUT2D eigenvalue weighted by Gasteiger charge is -2.05. The van der Waals surface area contributed by atoms with Gasteiger partial charge in [-0.2, -0.15) is 4.98 Å². The van der Waals surface area contributed by atoms with E-state index in [9.17, 15) is 8.78 Å². The molecular weight excluding hydrogens is 284 g/mol. The SMILES string of the molecule is Fc1ccc(-c2nc(Cl)nn2-c2ccc(F)cc2)cc1. The fourth-order valence-electron chi connectivity index (χ4n) is 1.84. The lowest BCUT2D eigenvalue weighted by atomic mass is 10.2. The van der Waals surface area contributed by atoms with Gasteiger partial charge in [-0.05, 0) is 60.1 Å². The Morgan fingerprint density at radius 2 is 1.40 bits per heavy atom. The van der Waals surface area contributed by atoms with Gasteiger partial charge in [0, 0.05) is 5.56 Å². The van der Waals surface area contributed by atoms with Crippen molar-refractivity contribution in [3.05, 3.63) is 65.4 Å². The van der Waals surface area contributed by atoms with Gasteiger partial charge in [-0.3, -0.25) is 0 Å². The quantitative estimate of drug-likeness (QED) is 0.717. The standard InChI is InChI=1S/C14H8ClF2N3/c15-14-18-13(9-1-3-10(16)4-2-9)20(19-14)12-7-5-11(17)6-8-12/h1-8H. The molecule has 0 saturated carbocycles. The van der Waals surface area contributed by atoms with Crippen LogP contribution in [-0.4, -0.2) is 14.8 Å². The molecule has 3 nitrogen and oxygen atoms in total. The van der Waals surface area contributed by atoms with Crippen molar-refractivity contribution >= 4 is 11.6 Å². The second kappa shape index (κ2) is 5.02. The Morgan fingerprint density at radius 1 is 0.850 bits per heavy atom.